The third-order valence-electron chi connectivity index (χ3n) is 2.59. The van der Waals surface area contributed by atoms with Crippen molar-refractivity contribution in [2.75, 3.05) is 25.5 Å². The van der Waals surface area contributed by atoms with Crippen LogP contribution in [0.4, 0.5) is 5.69 Å². The predicted octanol–water partition coefficient (Wildman–Crippen LogP) is 2.92. The molecule has 0 radical (unpaired) electrons. The number of hydrogen-bond donors (Lipinski definition) is 2. The van der Waals surface area contributed by atoms with E-state index in [2.05, 4.69) is 18.6 Å². The van der Waals surface area contributed by atoms with Crippen LogP contribution in [0.15, 0.2) is 17.0 Å². The van der Waals surface area contributed by atoms with E-state index in [4.69, 9.17) is 33.7 Å². The van der Waals surface area contributed by atoms with Crippen LogP contribution in [0.25, 0.3) is 0 Å². The molecule has 0 spiro atoms. The summed E-state index contributed by atoms with van der Waals surface area (Å²) in [7, 11) is -3.71. The monoisotopic (exact) mass is 354 g/mol. The first-order valence-electron chi connectivity index (χ1n) is 6.56. The van der Waals surface area contributed by atoms with Gasteiger partial charge < -0.3 is 10.5 Å². The molecule has 0 heterocycles. The lowest BCUT2D eigenvalue weighted by atomic mass is 10.2. The summed E-state index contributed by atoms with van der Waals surface area (Å²) in [6.45, 7) is 5.52. The average molecular weight is 355 g/mol. The zero-order valence-electron chi connectivity index (χ0n) is 12.0. The molecule has 21 heavy (non-hydrogen) atoms. The SMILES string of the molecule is CC(C)COCCCNS(=O)(=O)c1ccc(Cl)c(N)c1Cl. The first-order valence-corrected chi connectivity index (χ1v) is 8.80. The Morgan fingerprint density at radius 2 is 2.00 bits per heavy atom. The van der Waals surface area contributed by atoms with Crippen molar-refractivity contribution in [3.63, 3.8) is 0 Å². The molecule has 0 fully saturated rings. The average Bonchev–Trinajstić information content (AvgIpc) is 2.39. The highest BCUT2D eigenvalue weighted by Gasteiger charge is 2.20. The Morgan fingerprint density at radius 1 is 1.33 bits per heavy atom. The van der Waals surface area contributed by atoms with Crippen LogP contribution in [-0.2, 0) is 14.8 Å². The Kier molecular flexibility index (Phi) is 7.23. The molecule has 0 saturated carbocycles. The van der Waals surface area contributed by atoms with Gasteiger partial charge in [0.25, 0.3) is 0 Å². The molecular weight excluding hydrogens is 335 g/mol. The summed E-state index contributed by atoms with van der Waals surface area (Å²) in [5.74, 6) is 0.456. The van der Waals surface area contributed by atoms with Gasteiger partial charge in [0, 0.05) is 19.8 Å². The first kappa shape index (κ1) is 18.5. The van der Waals surface area contributed by atoms with Gasteiger partial charge in [-0.25, -0.2) is 13.1 Å². The van der Waals surface area contributed by atoms with Crippen LogP contribution in [0.5, 0.6) is 0 Å². The fourth-order valence-electron chi connectivity index (χ4n) is 1.53. The van der Waals surface area contributed by atoms with Crippen molar-refractivity contribution in [1.82, 2.24) is 4.72 Å². The van der Waals surface area contributed by atoms with Crippen molar-refractivity contribution in [1.29, 1.82) is 0 Å². The van der Waals surface area contributed by atoms with Gasteiger partial charge in [0.1, 0.15) is 4.90 Å². The number of ether oxygens (including phenoxy) is 1. The van der Waals surface area contributed by atoms with Gasteiger partial charge in [-0.2, -0.15) is 0 Å². The molecule has 1 aromatic rings. The Labute approximate surface area is 135 Å². The second kappa shape index (κ2) is 8.19. The molecule has 1 aromatic carbocycles. The van der Waals surface area contributed by atoms with Gasteiger partial charge in [-0.05, 0) is 24.5 Å². The van der Waals surface area contributed by atoms with Gasteiger partial charge in [-0.3, -0.25) is 0 Å². The summed E-state index contributed by atoms with van der Waals surface area (Å²) in [4.78, 5) is -0.0748. The highest BCUT2D eigenvalue weighted by molar-refractivity contribution is 7.89. The maximum absolute atomic E-state index is 12.1. The fraction of sp³-hybridized carbons (Fsp3) is 0.538. The van der Waals surface area contributed by atoms with Crippen LogP contribution in [0.2, 0.25) is 10.0 Å². The molecule has 0 saturated heterocycles. The number of rotatable bonds is 8. The largest absolute Gasteiger partial charge is 0.396 e. The molecule has 0 amide bonds. The Bertz CT molecular complexity index is 577. The number of sulfonamides is 1. The van der Waals surface area contributed by atoms with Gasteiger partial charge in [0.05, 0.1) is 15.7 Å². The number of nitrogens with one attached hydrogen (secondary N) is 1. The van der Waals surface area contributed by atoms with Crippen molar-refractivity contribution in [2.45, 2.75) is 25.2 Å². The molecule has 5 nitrogen and oxygen atoms in total. The summed E-state index contributed by atoms with van der Waals surface area (Å²) in [6.07, 6.45) is 0.576. The summed E-state index contributed by atoms with van der Waals surface area (Å²) >= 11 is 11.7. The van der Waals surface area contributed by atoms with Crippen LogP contribution >= 0.6 is 23.2 Å². The number of hydrogen-bond acceptors (Lipinski definition) is 4. The van der Waals surface area contributed by atoms with Crippen molar-refractivity contribution in [3.05, 3.63) is 22.2 Å². The molecule has 1 rings (SSSR count). The zero-order valence-corrected chi connectivity index (χ0v) is 14.4. The second-order valence-electron chi connectivity index (χ2n) is 4.99. The number of halogens is 2. The minimum Gasteiger partial charge on any atom is -0.396 e. The van der Waals surface area contributed by atoms with E-state index >= 15 is 0 Å². The molecule has 0 aliphatic heterocycles. The molecule has 0 aromatic heterocycles. The lowest BCUT2D eigenvalue weighted by molar-refractivity contribution is 0.108. The van der Waals surface area contributed by atoms with E-state index in [1.165, 1.54) is 12.1 Å². The molecule has 0 atom stereocenters. The maximum atomic E-state index is 12.1. The van der Waals surface area contributed by atoms with Crippen LogP contribution in [0.3, 0.4) is 0 Å². The Morgan fingerprint density at radius 3 is 2.62 bits per heavy atom. The van der Waals surface area contributed by atoms with E-state index in [1.807, 2.05) is 0 Å². The molecule has 3 N–H and O–H groups in total. The minimum atomic E-state index is -3.71. The molecular formula is C13H20Cl2N2O3S. The summed E-state index contributed by atoms with van der Waals surface area (Å²) in [5.41, 5.74) is 5.68. The van der Waals surface area contributed by atoms with Crippen LogP contribution < -0.4 is 10.5 Å². The Balaban J connectivity index is 2.57. The van der Waals surface area contributed by atoms with Crippen LogP contribution in [-0.4, -0.2) is 28.2 Å². The number of anilines is 1. The third-order valence-corrected chi connectivity index (χ3v) is 4.94. The second-order valence-corrected chi connectivity index (χ2v) is 7.51. The fourth-order valence-corrected chi connectivity index (χ4v) is 3.37. The van der Waals surface area contributed by atoms with E-state index in [0.717, 1.165) is 0 Å². The quantitative estimate of drug-likeness (QED) is 0.555. The highest BCUT2D eigenvalue weighted by Crippen LogP contribution is 2.32. The van der Waals surface area contributed by atoms with E-state index in [0.29, 0.717) is 25.6 Å². The van der Waals surface area contributed by atoms with Crippen molar-refractivity contribution in [2.24, 2.45) is 5.92 Å². The van der Waals surface area contributed by atoms with Crippen molar-refractivity contribution < 1.29 is 13.2 Å². The van der Waals surface area contributed by atoms with Crippen LogP contribution in [0, 0.1) is 5.92 Å². The van der Waals surface area contributed by atoms with Crippen molar-refractivity contribution >= 4 is 38.9 Å². The standard InChI is InChI=1S/C13H20Cl2N2O3S/c1-9(2)8-20-7-3-6-17-21(18,19)11-5-4-10(14)13(16)12(11)15/h4-5,9,17H,3,6-8,16H2,1-2H3. The van der Waals surface area contributed by atoms with E-state index in [-0.39, 0.29) is 27.2 Å². The first-order chi connectivity index (χ1) is 9.75. The highest BCUT2D eigenvalue weighted by atomic mass is 35.5. The van der Waals surface area contributed by atoms with Gasteiger partial charge >= 0.3 is 0 Å². The molecule has 0 bridgehead atoms. The predicted molar refractivity (Wildman–Crippen MR) is 86.3 cm³/mol. The van der Waals surface area contributed by atoms with Gasteiger partial charge in [-0.15, -0.1) is 0 Å². The zero-order chi connectivity index (χ0) is 16.0. The normalized spacial score (nSPS) is 12.0. The number of nitrogens with two attached hydrogens (primary N) is 1. The van der Waals surface area contributed by atoms with E-state index in [9.17, 15) is 8.42 Å². The lowest BCUT2D eigenvalue weighted by Crippen LogP contribution is -2.26. The van der Waals surface area contributed by atoms with Gasteiger partial charge in [0.15, 0.2) is 0 Å². The molecule has 0 aliphatic carbocycles. The lowest BCUT2D eigenvalue weighted by Gasteiger charge is -2.11. The number of benzene rings is 1. The van der Waals surface area contributed by atoms with Gasteiger partial charge in [0.2, 0.25) is 10.0 Å². The van der Waals surface area contributed by atoms with Crippen molar-refractivity contribution in [3.8, 4) is 0 Å². The summed E-state index contributed by atoms with van der Waals surface area (Å²) in [6, 6.07) is 2.74. The Hall–Kier alpha value is -0.530. The van der Waals surface area contributed by atoms with E-state index < -0.39 is 10.0 Å². The topological polar surface area (TPSA) is 81.4 Å². The van der Waals surface area contributed by atoms with Gasteiger partial charge in [-0.1, -0.05) is 37.0 Å². The molecule has 120 valence electrons. The summed E-state index contributed by atoms with van der Waals surface area (Å²) < 4.78 is 32.1. The molecule has 8 heteroatoms. The molecule has 0 unspecified atom stereocenters. The third kappa shape index (κ3) is 5.64. The van der Waals surface area contributed by atoms with Crippen LogP contribution in [0.1, 0.15) is 20.3 Å². The summed E-state index contributed by atoms with van der Waals surface area (Å²) in [5, 5.41) is 0.159. The molecule has 0 aliphatic rings. The van der Waals surface area contributed by atoms with E-state index in [1.54, 1.807) is 0 Å². The smallest absolute Gasteiger partial charge is 0.242 e. The minimum absolute atomic E-state index is 0.0569. The number of nitrogen functional groups attached to an aromatic ring is 1. The maximum Gasteiger partial charge on any atom is 0.242 e.